The fourth-order valence-electron chi connectivity index (χ4n) is 1.62. The minimum Gasteiger partial charge on any atom is -0.465 e. The van der Waals surface area contributed by atoms with Crippen LogP contribution in [0.3, 0.4) is 0 Å². The van der Waals surface area contributed by atoms with E-state index in [1.54, 1.807) is 6.92 Å². The average molecular weight is 278 g/mol. The Labute approximate surface area is 115 Å². The van der Waals surface area contributed by atoms with Gasteiger partial charge in [0.2, 0.25) is 5.91 Å². The van der Waals surface area contributed by atoms with Crippen LogP contribution in [0.1, 0.15) is 27.9 Å². The zero-order chi connectivity index (χ0) is 15.3. The molecule has 1 amide bonds. The van der Waals surface area contributed by atoms with Gasteiger partial charge in [-0.2, -0.15) is 0 Å². The number of nitro benzene ring substituents is 1. The van der Waals surface area contributed by atoms with Crippen LogP contribution in [0.25, 0.3) is 6.08 Å². The third kappa shape index (κ3) is 3.64. The normalized spacial score (nSPS) is 10.5. The fraction of sp³-hybridized carbons (Fsp3) is 0.231. The highest BCUT2D eigenvalue weighted by molar-refractivity contribution is 5.93. The van der Waals surface area contributed by atoms with Gasteiger partial charge in [-0.15, -0.1) is 0 Å². The number of nitrogens with zero attached hydrogens (tertiary/aromatic N) is 1. The average Bonchev–Trinajstić information content (AvgIpc) is 2.39. The number of hydrogen-bond acceptors (Lipinski definition) is 5. The van der Waals surface area contributed by atoms with Crippen LogP contribution in [0.2, 0.25) is 0 Å². The molecule has 0 aliphatic heterocycles. The maximum absolute atomic E-state index is 11.6. The van der Waals surface area contributed by atoms with E-state index in [0.29, 0.717) is 11.1 Å². The first-order chi connectivity index (χ1) is 9.36. The van der Waals surface area contributed by atoms with E-state index in [-0.39, 0.29) is 17.7 Å². The Morgan fingerprint density at radius 3 is 2.60 bits per heavy atom. The second kappa shape index (κ2) is 6.46. The summed E-state index contributed by atoms with van der Waals surface area (Å²) in [6, 6.07) is 2.48. The van der Waals surface area contributed by atoms with Gasteiger partial charge in [0.1, 0.15) is 0 Å². The first-order valence-corrected chi connectivity index (χ1v) is 5.69. The summed E-state index contributed by atoms with van der Waals surface area (Å²) in [4.78, 5) is 32.5. The van der Waals surface area contributed by atoms with E-state index in [1.807, 2.05) is 0 Å². The summed E-state index contributed by atoms with van der Waals surface area (Å²) in [7, 11) is 1.20. The topological polar surface area (TPSA) is 113 Å². The van der Waals surface area contributed by atoms with E-state index in [1.165, 1.54) is 25.3 Å². The van der Waals surface area contributed by atoms with Crippen molar-refractivity contribution in [3.05, 3.63) is 45.0 Å². The number of hydrogen-bond donors (Lipinski definition) is 1. The molecule has 0 saturated heterocycles. The number of methoxy groups -OCH3 is 1. The summed E-state index contributed by atoms with van der Waals surface area (Å²) in [6.45, 7) is 1.64. The first-order valence-electron chi connectivity index (χ1n) is 5.69. The molecule has 0 heterocycles. The molecule has 1 rings (SSSR count). The summed E-state index contributed by atoms with van der Waals surface area (Å²) in [5, 5.41) is 10.9. The molecule has 1 aromatic rings. The van der Waals surface area contributed by atoms with Crippen LogP contribution in [0.15, 0.2) is 18.2 Å². The van der Waals surface area contributed by atoms with Crippen molar-refractivity contribution in [2.24, 2.45) is 5.73 Å². The number of nitro groups is 1. The van der Waals surface area contributed by atoms with E-state index in [0.717, 1.165) is 6.07 Å². The zero-order valence-electron chi connectivity index (χ0n) is 11.1. The fourth-order valence-corrected chi connectivity index (χ4v) is 1.62. The summed E-state index contributed by atoms with van der Waals surface area (Å²) >= 11 is 0. The van der Waals surface area contributed by atoms with Gasteiger partial charge in [0.25, 0.3) is 5.69 Å². The van der Waals surface area contributed by atoms with Crippen molar-refractivity contribution in [3.63, 3.8) is 0 Å². The highest BCUT2D eigenvalue weighted by Crippen LogP contribution is 2.24. The molecular weight excluding hydrogens is 264 g/mol. The molecule has 7 heteroatoms. The highest BCUT2D eigenvalue weighted by Gasteiger charge is 2.18. The summed E-state index contributed by atoms with van der Waals surface area (Å²) in [6.07, 6.45) is 3.00. The molecular formula is C13H14N2O5. The number of amides is 1. The summed E-state index contributed by atoms with van der Waals surface area (Å²) in [5.74, 6) is -1.17. The number of rotatable bonds is 5. The van der Waals surface area contributed by atoms with E-state index < -0.39 is 16.8 Å². The van der Waals surface area contributed by atoms with Crippen LogP contribution in [0.5, 0.6) is 0 Å². The van der Waals surface area contributed by atoms with Gasteiger partial charge in [-0.3, -0.25) is 14.9 Å². The summed E-state index contributed by atoms with van der Waals surface area (Å²) < 4.78 is 4.59. The quantitative estimate of drug-likeness (QED) is 0.499. The molecule has 0 unspecified atom stereocenters. The maximum Gasteiger partial charge on any atom is 0.338 e. The third-order valence-electron chi connectivity index (χ3n) is 2.67. The molecule has 1 aromatic carbocycles. The lowest BCUT2D eigenvalue weighted by Gasteiger charge is -2.07. The molecule has 0 aromatic heterocycles. The number of benzene rings is 1. The third-order valence-corrected chi connectivity index (χ3v) is 2.67. The van der Waals surface area contributed by atoms with Crippen LogP contribution in [-0.2, 0) is 9.53 Å². The molecule has 0 atom stereocenters. The van der Waals surface area contributed by atoms with E-state index in [4.69, 9.17) is 5.73 Å². The van der Waals surface area contributed by atoms with Gasteiger partial charge in [-0.1, -0.05) is 12.2 Å². The minimum absolute atomic E-state index is 0.00961. The monoisotopic (exact) mass is 278 g/mol. The Kier molecular flexibility index (Phi) is 4.96. The lowest BCUT2D eigenvalue weighted by atomic mass is 10.0. The smallest absolute Gasteiger partial charge is 0.338 e. The lowest BCUT2D eigenvalue weighted by Crippen LogP contribution is -2.08. The standard InChI is InChI=1S/C13H14N2O5/c1-8-9(4-3-5-12(14)16)6-10(15(18)19)7-11(8)13(17)20-2/h3-4,6-7H,5H2,1-2H3,(H2,14,16). The van der Waals surface area contributed by atoms with Gasteiger partial charge in [-0.05, 0) is 18.1 Å². The van der Waals surface area contributed by atoms with Crippen LogP contribution in [0, 0.1) is 17.0 Å². The lowest BCUT2D eigenvalue weighted by molar-refractivity contribution is -0.384. The molecule has 20 heavy (non-hydrogen) atoms. The number of primary amides is 1. The van der Waals surface area contributed by atoms with E-state index in [2.05, 4.69) is 4.74 Å². The predicted octanol–water partition coefficient (Wildman–Crippen LogP) is 1.58. The molecule has 106 valence electrons. The van der Waals surface area contributed by atoms with Gasteiger partial charge >= 0.3 is 5.97 Å². The molecule has 7 nitrogen and oxygen atoms in total. The zero-order valence-corrected chi connectivity index (χ0v) is 11.1. The number of ether oxygens (including phenoxy) is 1. The Bertz CT molecular complexity index is 593. The molecule has 0 bridgehead atoms. The second-order valence-corrected chi connectivity index (χ2v) is 4.03. The summed E-state index contributed by atoms with van der Waals surface area (Å²) in [5.41, 5.74) is 5.87. The first kappa shape index (κ1) is 15.4. The van der Waals surface area contributed by atoms with Gasteiger partial charge in [0.15, 0.2) is 0 Å². The van der Waals surface area contributed by atoms with Crippen molar-refractivity contribution in [3.8, 4) is 0 Å². The molecule has 0 spiro atoms. The predicted molar refractivity (Wildman–Crippen MR) is 72.0 cm³/mol. The van der Waals surface area contributed by atoms with Crippen molar-refractivity contribution >= 4 is 23.6 Å². The molecule has 0 saturated carbocycles. The van der Waals surface area contributed by atoms with Crippen LogP contribution in [-0.4, -0.2) is 23.9 Å². The van der Waals surface area contributed by atoms with E-state index in [9.17, 15) is 19.7 Å². The van der Waals surface area contributed by atoms with Gasteiger partial charge in [0.05, 0.1) is 17.6 Å². The highest BCUT2D eigenvalue weighted by atomic mass is 16.6. The Balaban J connectivity index is 3.31. The second-order valence-electron chi connectivity index (χ2n) is 4.03. The molecule has 0 aliphatic carbocycles. The largest absolute Gasteiger partial charge is 0.465 e. The van der Waals surface area contributed by atoms with Gasteiger partial charge in [-0.25, -0.2) is 4.79 Å². The van der Waals surface area contributed by atoms with Crippen LogP contribution < -0.4 is 5.73 Å². The van der Waals surface area contributed by atoms with Gasteiger partial charge in [0, 0.05) is 18.6 Å². The van der Waals surface area contributed by atoms with Crippen LogP contribution >= 0.6 is 0 Å². The van der Waals surface area contributed by atoms with Crippen molar-refractivity contribution in [1.29, 1.82) is 0 Å². The number of non-ortho nitro benzene ring substituents is 1. The molecule has 0 aliphatic rings. The number of nitrogens with two attached hydrogens (primary N) is 1. The number of carbonyl (C=O) groups excluding carboxylic acids is 2. The maximum atomic E-state index is 11.6. The van der Waals surface area contributed by atoms with Crippen LogP contribution in [0.4, 0.5) is 5.69 Å². The molecule has 0 radical (unpaired) electrons. The van der Waals surface area contributed by atoms with Crippen molar-refractivity contribution in [1.82, 2.24) is 0 Å². The minimum atomic E-state index is -0.657. The molecule has 0 fully saturated rings. The SMILES string of the molecule is COC(=O)c1cc([N+](=O)[O-])cc(C=CCC(N)=O)c1C. The number of carbonyl (C=O) groups is 2. The Morgan fingerprint density at radius 1 is 1.45 bits per heavy atom. The Hall–Kier alpha value is -2.70. The van der Waals surface area contributed by atoms with Crippen molar-refractivity contribution < 1.29 is 19.2 Å². The van der Waals surface area contributed by atoms with E-state index >= 15 is 0 Å². The number of esters is 1. The van der Waals surface area contributed by atoms with Crippen molar-refractivity contribution in [2.75, 3.05) is 7.11 Å². The molecule has 2 N–H and O–H groups in total. The van der Waals surface area contributed by atoms with Gasteiger partial charge < -0.3 is 10.5 Å². The Morgan fingerprint density at radius 2 is 2.10 bits per heavy atom. The van der Waals surface area contributed by atoms with Crippen molar-refractivity contribution in [2.45, 2.75) is 13.3 Å².